The second-order valence-electron chi connectivity index (χ2n) is 13.2. The van der Waals surface area contributed by atoms with Gasteiger partial charge >= 0.3 is 0 Å². The van der Waals surface area contributed by atoms with Gasteiger partial charge in [0, 0.05) is 27.5 Å². The van der Waals surface area contributed by atoms with E-state index in [4.69, 9.17) is 19.4 Å². The van der Waals surface area contributed by atoms with E-state index >= 15 is 0 Å². The highest BCUT2D eigenvalue weighted by Gasteiger charge is 2.18. The van der Waals surface area contributed by atoms with E-state index in [9.17, 15) is 0 Å². The maximum absolute atomic E-state index is 6.45. The number of hydrogen-bond acceptors (Lipinski definition) is 4. The molecule has 4 heteroatoms. The molecule has 0 spiro atoms. The summed E-state index contributed by atoms with van der Waals surface area (Å²) in [6.07, 6.45) is 0. The summed E-state index contributed by atoms with van der Waals surface area (Å²) < 4.78 is 6.45. The molecule has 0 bridgehead atoms. The molecular formula is C49H31N3O. The third-order valence-corrected chi connectivity index (χ3v) is 9.95. The van der Waals surface area contributed by atoms with Crippen LogP contribution in [0.2, 0.25) is 0 Å². The van der Waals surface area contributed by atoms with Gasteiger partial charge in [-0.3, -0.25) is 0 Å². The molecule has 0 radical (unpaired) electrons. The monoisotopic (exact) mass is 677 g/mol. The van der Waals surface area contributed by atoms with Crippen LogP contribution in [-0.4, -0.2) is 15.0 Å². The maximum atomic E-state index is 6.45. The first-order valence-electron chi connectivity index (χ1n) is 17.8. The Hall–Kier alpha value is -7.17. The zero-order valence-corrected chi connectivity index (χ0v) is 28.6. The van der Waals surface area contributed by atoms with Gasteiger partial charge in [0.15, 0.2) is 17.5 Å². The van der Waals surface area contributed by atoms with E-state index in [2.05, 4.69) is 115 Å². The van der Waals surface area contributed by atoms with Crippen molar-refractivity contribution in [3.8, 4) is 67.5 Å². The second-order valence-corrected chi connectivity index (χ2v) is 13.2. The van der Waals surface area contributed by atoms with Crippen LogP contribution in [0.1, 0.15) is 0 Å². The number of rotatable bonds is 6. The van der Waals surface area contributed by atoms with E-state index in [-0.39, 0.29) is 0 Å². The summed E-state index contributed by atoms with van der Waals surface area (Å²) in [5.41, 5.74) is 11.4. The molecule has 2 aromatic heterocycles. The Bertz CT molecular complexity index is 2880. The minimum atomic E-state index is 0.601. The van der Waals surface area contributed by atoms with Gasteiger partial charge in [-0.15, -0.1) is 0 Å². The molecule has 0 saturated carbocycles. The van der Waals surface area contributed by atoms with Crippen molar-refractivity contribution in [1.82, 2.24) is 15.0 Å². The van der Waals surface area contributed by atoms with Gasteiger partial charge in [0.05, 0.1) is 0 Å². The highest BCUT2D eigenvalue weighted by Crippen LogP contribution is 2.40. The summed E-state index contributed by atoms with van der Waals surface area (Å²) in [4.78, 5) is 15.0. The number of furan rings is 1. The number of nitrogens with zero attached hydrogens (tertiary/aromatic N) is 3. The van der Waals surface area contributed by atoms with E-state index < -0.39 is 0 Å². The fourth-order valence-corrected chi connectivity index (χ4v) is 7.42. The van der Waals surface area contributed by atoms with Crippen LogP contribution in [0.15, 0.2) is 192 Å². The molecule has 4 nitrogen and oxygen atoms in total. The Labute approximate surface area is 306 Å². The van der Waals surface area contributed by atoms with Gasteiger partial charge in [0.1, 0.15) is 11.2 Å². The van der Waals surface area contributed by atoms with Gasteiger partial charge in [-0.05, 0) is 68.4 Å². The van der Waals surface area contributed by atoms with Gasteiger partial charge in [-0.1, -0.05) is 164 Å². The van der Waals surface area contributed by atoms with Crippen LogP contribution < -0.4 is 0 Å². The van der Waals surface area contributed by atoms with Gasteiger partial charge in [0.2, 0.25) is 0 Å². The van der Waals surface area contributed by atoms with E-state index in [0.29, 0.717) is 17.5 Å². The second kappa shape index (κ2) is 12.9. The van der Waals surface area contributed by atoms with Crippen molar-refractivity contribution >= 4 is 32.7 Å². The summed E-state index contributed by atoms with van der Waals surface area (Å²) in [6.45, 7) is 0. The first-order valence-corrected chi connectivity index (χ1v) is 17.8. The zero-order valence-electron chi connectivity index (χ0n) is 28.6. The number of aromatic nitrogens is 3. The fourth-order valence-electron chi connectivity index (χ4n) is 7.42. The van der Waals surface area contributed by atoms with E-state index in [1.54, 1.807) is 0 Å². The molecule has 0 unspecified atom stereocenters. The Morgan fingerprint density at radius 2 is 0.774 bits per heavy atom. The summed E-state index contributed by atoms with van der Waals surface area (Å²) in [5, 5.41) is 4.46. The molecule has 0 N–H and O–H groups in total. The molecule has 0 amide bonds. The Morgan fingerprint density at radius 1 is 0.283 bits per heavy atom. The quantitative estimate of drug-likeness (QED) is 0.176. The van der Waals surface area contributed by atoms with Crippen molar-refractivity contribution < 1.29 is 4.42 Å². The highest BCUT2D eigenvalue weighted by molar-refractivity contribution is 6.13. The maximum Gasteiger partial charge on any atom is 0.164 e. The van der Waals surface area contributed by atoms with Crippen LogP contribution in [-0.2, 0) is 0 Å². The molecule has 53 heavy (non-hydrogen) atoms. The van der Waals surface area contributed by atoms with Crippen molar-refractivity contribution in [2.45, 2.75) is 0 Å². The van der Waals surface area contributed by atoms with E-state index in [0.717, 1.165) is 49.8 Å². The summed E-state index contributed by atoms with van der Waals surface area (Å²) in [7, 11) is 0. The molecule has 2 heterocycles. The molecule has 0 aliphatic heterocycles. The number of hydrogen-bond donors (Lipinski definition) is 0. The molecule has 248 valence electrons. The van der Waals surface area contributed by atoms with Crippen LogP contribution in [0.4, 0.5) is 0 Å². The number of benzene rings is 8. The standard InChI is InChI=1S/C49H31N3O/c1-4-14-32(15-5-1)38-22-11-25-41-39(23-12-24-40(38)41)37-21-10-20-35(30-37)36-28-29-44-43(31-36)46-42(26-13-27-45(46)53-44)49-51-47(33-16-6-2-7-17-33)50-48(52-49)34-18-8-3-9-19-34/h1-31H. The summed E-state index contributed by atoms with van der Waals surface area (Å²) in [6, 6.07) is 65.3. The summed E-state index contributed by atoms with van der Waals surface area (Å²) in [5.74, 6) is 1.85. The molecule has 0 aliphatic carbocycles. The van der Waals surface area contributed by atoms with Gasteiger partial charge in [0.25, 0.3) is 0 Å². The summed E-state index contributed by atoms with van der Waals surface area (Å²) >= 11 is 0. The lowest BCUT2D eigenvalue weighted by Crippen LogP contribution is -2.00. The molecular weight excluding hydrogens is 647 g/mol. The van der Waals surface area contributed by atoms with Crippen molar-refractivity contribution in [2.24, 2.45) is 0 Å². The van der Waals surface area contributed by atoms with Gasteiger partial charge in [-0.25, -0.2) is 15.0 Å². The van der Waals surface area contributed by atoms with Crippen LogP contribution >= 0.6 is 0 Å². The van der Waals surface area contributed by atoms with Crippen LogP contribution in [0.3, 0.4) is 0 Å². The van der Waals surface area contributed by atoms with Crippen molar-refractivity contribution in [3.05, 3.63) is 188 Å². The predicted octanol–water partition coefficient (Wildman–Crippen LogP) is 12.9. The third kappa shape index (κ3) is 5.54. The van der Waals surface area contributed by atoms with Crippen LogP contribution in [0.5, 0.6) is 0 Å². The smallest absolute Gasteiger partial charge is 0.164 e. The molecule has 0 fully saturated rings. The molecule has 10 rings (SSSR count). The SMILES string of the molecule is c1ccc(-c2nc(-c3ccccc3)nc(-c3cccc4oc5ccc(-c6cccc(-c7cccc8c(-c9ccccc9)cccc78)c6)cc5c34)n2)cc1. The lowest BCUT2D eigenvalue weighted by molar-refractivity contribution is 0.669. The highest BCUT2D eigenvalue weighted by atomic mass is 16.3. The molecule has 10 aromatic rings. The van der Waals surface area contributed by atoms with E-state index in [1.807, 2.05) is 72.8 Å². The first-order chi connectivity index (χ1) is 26.3. The molecule has 8 aromatic carbocycles. The molecule has 0 aliphatic rings. The van der Waals surface area contributed by atoms with Crippen LogP contribution in [0.25, 0.3) is 100 Å². The predicted molar refractivity (Wildman–Crippen MR) is 217 cm³/mol. The van der Waals surface area contributed by atoms with Gasteiger partial charge in [-0.2, -0.15) is 0 Å². The fraction of sp³-hybridized carbons (Fsp3) is 0. The Morgan fingerprint density at radius 3 is 1.43 bits per heavy atom. The minimum absolute atomic E-state index is 0.601. The Kier molecular flexibility index (Phi) is 7.43. The number of fused-ring (bicyclic) bond motifs is 4. The molecule has 0 atom stereocenters. The van der Waals surface area contributed by atoms with Crippen molar-refractivity contribution in [2.75, 3.05) is 0 Å². The van der Waals surface area contributed by atoms with E-state index in [1.165, 1.54) is 33.0 Å². The van der Waals surface area contributed by atoms with Gasteiger partial charge < -0.3 is 4.42 Å². The topological polar surface area (TPSA) is 51.8 Å². The lowest BCUT2D eigenvalue weighted by atomic mass is 9.91. The first kappa shape index (κ1) is 30.6. The zero-order chi connectivity index (χ0) is 35.1. The average molecular weight is 678 g/mol. The normalized spacial score (nSPS) is 11.4. The lowest BCUT2D eigenvalue weighted by Gasteiger charge is -2.12. The minimum Gasteiger partial charge on any atom is -0.456 e. The van der Waals surface area contributed by atoms with Crippen molar-refractivity contribution in [3.63, 3.8) is 0 Å². The average Bonchev–Trinajstić information content (AvgIpc) is 3.62. The van der Waals surface area contributed by atoms with Crippen molar-refractivity contribution in [1.29, 1.82) is 0 Å². The van der Waals surface area contributed by atoms with Crippen LogP contribution in [0, 0.1) is 0 Å². The molecule has 0 saturated heterocycles. The largest absolute Gasteiger partial charge is 0.456 e. The third-order valence-electron chi connectivity index (χ3n) is 9.95. The Balaban J connectivity index is 1.11.